The first kappa shape index (κ1) is 24.4. The number of carbonyl (C=O) groups is 1. The number of hydrogen-bond acceptors (Lipinski definition) is 5. The van der Waals surface area contributed by atoms with Gasteiger partial charge in [-0.3, -0.25) is 4.79 Å². The third-order valence-electron chi connectivity index (χ3n) is 7.34. The summed E-state index contributed by atoms with van der Waals surface area (Å²) in [5.74, 6) is 0.116. The van der Waals surface area contributed by atoms with Crippen LogP contribution in [0.3, 0.4) is 0 Å². The van der Waals surface area contributed by atoms with E-state index in [9.17, 15) is 9.90 Å². The molecule has 2 aromatic carbocycles. The molecule has 2 aliphatic rings. The molecule has 2 N–H and O–H groups in total. The minimum Gasteiger partial charge on any atom is -0.394 e. The van der Waals surface area contributed by atoms with E-state index in [1.807, 2.05) is 29.4 Å². The lowest BCUT2D eigenvalue weighted by atomic mass is 10.0. The third kappa shape index (κ3) is 4.87. The molecular weight excluding hydrogens is 485 g/mol. The molecule has 3 aromatic rings. The highest BCUT2D eigenvalue weighted by Gasteiger charge is 2.34. The molecule has 0 saturated carbocycles. The van der Waals surface area contributed by atoms with Gasteiger partial charge in [0.05, 0.1) is 42.1 Å². The van der Waals surface area contributed by atoms with Gasteiger partial charge in [0.2, 0.25) is 5.91 Å². The Morgan fingerprint density at radius 1 is 1.20 bits per heavy atom. The molecule has 3 atom stereocenters. The van der Waals surface area contributed by atoms with E-state index in [-0.39, 0.29) is 30.6 Å². The Morgan fingerprint density at radius 2 is 2.06 bits per heavy atom. The van der Waals surface area contributed by atoms with Crippen LogP contribution < -0.4 is 10.2 Å². The molecule has 2 saturated heterocycles. The number of hydrogen-bond donors (Lipinski definition) is 2. The van der Waals surface area contributed by atoms with E-state index in [1.165, 1.54) is 0 Å². The van der Waals surface area contributed by atoms with E-state index in [2.05, 4.69) is 38.8 Å². The summed E-state index contributed by atoms with van der Waals surface area (Å²) in [6, 6.07) is 11.4. The molecule has 0 bridgehead atoms. The van der Waals surface area contributed by atoms with E-state index < -0.39 is 0 Å². The Hall–Kier alpha value is -2.32. The van der Waals surface area contributed by atoms with Crippen molar-refractivity contribution in [1.29, 1.82) is 0 Å². The standard InChI is InChI=1S/C26H31Cl2N5O2/c1-17(21-7-5-18(27)12-22(21)28)33-16-30-23-8-6-19(13-25(23)33)31-10-11-32(20(14-31)15-34)26(35)24-4-2-3-9-29-24/h5-8,12-13,16-17,20,24,29,34H,2-4,9-11,14-15H2,1H3/t17-,20?,24-/m1/s1. The molecule has 2 fully saturated rings. The quantitative estimate of drug-likeness (QED) is 0.534. The number of rotatable bonds is 5. The van der Waals surface area contributed by atoms with Crippen molar-refractivity contribution >= 4 is 45.8 Å². The van der Waals surface area contributed by atoms with Crippen LogP contribution in [0.4, 0.5) is 5.69 Å². The highest BCUT2D eigenvalue weighted by Crippen LogP contribution is 2.32. The molecule has 1 amide bonds. The van der Waals surface area contributed by atoms with Gasteiger partial charge in [-0.25, -0.2) is 4.98 Å². The van der Waals surface area contributed by atoms with Crippen molar-refractivity contribution < 1.29 is 9.90 Å². The fourth-order valence-corrected chi connectivity index (χ4v) is 5.88. The smallest absolute Gasteiger partial charge is 0.240 e. The number of imidazole rings is 1. The molecule has 0 radical (unpaired) electrons. The second kappa shape index (κ2) is 10.3. The third-order valence-corrected chi connectivity index (χ3v) is 7.90. The predicted octanol–water partition coefficient (Wildman–Crippen LogP) is 4.10. The first-order valence-corrected chi connectivity index (χ1v) is 13.0. The van der Waals surface area contributed by atoms with Gasteiger partial charge in [0, 0.05) is 35.4 Å². The fraction of sp³-hybridized carbons (Fsp3) is 0.462. The van der Waals surface area contributed by atoms with Crippen LogP contribution in [0, 0.1) is 0 Å². The number of aliphatic hydroxyl groups is 1. The molecule has 2 aliphatic heterocycles. The number of nitrogens with one attached hydrogen (secondary N) is 1. The number of halogens is 2. The SMILES string of the molecule is C[C@H](c1ccc(Cl)cc1Cl)n1cnc2ccc(N3CCN(C(=O)[C@H]4CCCCN4)C(CO)C3)cc21. The lowest BCUT2D eigenvalue weighted by Gasteiger charge is -2.43. The molecule has 186 valence electrons. The number of carbonyl (C=O) groups excluding carboxylic acids is 1. The van der Waals surface area contributed by atoms with E-state index in [1.54, 1.807) is 6.07 Å². The number of nitrogens with zero attached hydrogens (tertiary/aromatic N) is 4. The van der Waals surface area contributed by atoms with Crippen LogP contribution >= 0.6 is 23.2 Å². The summed E-state index contributed by atoms with van der Waals surface area (Å²) < 4.78 is 2.12. The van der Waals surface area contributed by atoms with Gasteiger partial charge in [-0.05, 0) is 62.2 Å². The molecule has 7 nitrogen and oxygen atoms in total. The normalized spacial score (nSPS) is 21.9. The maximum atomic E-state index is 13.1. The second-order valence-electron chi connectivity index (χ2n) is 9.48. The number of amides is 1. The van der Waals surface area contributed by atoms with Gasteiger partial charge in [-0.15, -0.1) is 0 Å². The molecular formula is C26H31Cl2N5O2. The van der Waals surface area contributed by atoms with E-state index in [0.717, 1.165) is 48.1 Å². The molecule has 0 spiro atoms. The first-order chi connectivity index (χ1) is 17.0. The Balaban J connectivity index is 1.37. The van der Waals surface area contributed by atoms with Gasteiger partial charge < -0.3 is 24.8 Å². The van der Waals surface area contributed by atoms with Crippen LogP contribution in [-0.4, -0.2) is 70.3 Å². The number of piperidine rings is 1. The van der Waals surface area contributed by atoms with Crippen LogP contribution in [0.25, 0.3) is 11.0 Å². The Kier molecular flexibility index (Phi) is 7.21. The molecule has 9 heteroatoms. The van der Waals surface area contributed by atoms with Crippen LogP contribution in [0.1, 0.15) is 37.8 Å². The topological polar surface area (TPSA) is 73.6 Å². The maximum absolute atomic E-state index is 13.1. The number of benzene rings is 2. The highest BCUT2D eigenvalue weighted by atomic mass is 35.5. The zero-order valence-electron chi connectivity index (χ0n) is 19.8. The zero-order chi connectivity index (χ0) is 24.5. The van der Waals surface area contributed by atoms with Crippen molar-refractivity contribution in [3.8, 4) is 0 Å². The summed E-state index contributed by atoms with van der Waals surface area (Å²) >= 11 is 12.6. The summed E-state index contributed by atoms with van der Waals surface area (Å²) in [6.07, 6.45) is 4.89. The first-order valence-electron chi connectivity index (χ1n) is 12.3. The average molecular weight is 516 g/mol. The van der Waals surface area contributed by atoms with E-state index >= 15 is 0 Å². The summed E-state index contributed by atoms with van der Waals surface area (Å²) in [5, 5.41) is 14.7. The highest BCUT2D eigenvalue weighted by molar-refractivity contribution is 6.35. The number of fused-ring (bicyclic) bond motifs is 1. The van der Waals surface area contributed by atoms with Crippen LogP contribution in [0.5, 0.6) is 0 Å². The van der Waals surface area contributed by atoms with Gasteiger partial charge in [-0.1, -0.05) is 35.7 Å². The van der Waals surface area contributed by atoms with Crippen molar-refractivity contribution in [2.45, 2.75) is 44.3 Å². The van der Waals surface area contributed by atoms with Crippen LogP contribution in [0.2, 0.25) is 10.0 Å². The van der Waals surface area contributed by atoms with Crippen molar-refractivity contribution in [1.82, 2.24) is 19.8 Å². The molecule has 1 aromatic heterocycles. The van der Waals surface area contributed by atoms with Gasteiger partial charge >= 0.3 is 0 Å². The lowest BCUT2D eigenvalue weighted by Crippen LogP contribution is -2.60. The monoisotopic (exact) mass is 515 g/mol. The summed E-state index contributed by atoms with van der Waals surface area (Å²) in [4.78, 5) is 21.8. The summed E-state index contributed by atoms with van der Waals surface area (Å²) in [6.45, 7) is 4.82. The average Bonchev–Trinajstić information content (AvgIpc) is 3.31. The van der Waals surface area contributed by atoms with Gasteiger partial charge in [0.15, 0.2) is 0 Å². The van der Waals surface area contributed by atoms with Crippen LogP contribution in [-0.2, 0) is 4.79 Å². The second-order valence-corrected chi connectivity index (χ2v) is 10.3. The van der Waals surface area contributed by atoms with Crippen molar-refractivity contribution in [2.24, 2.45) is 0 Å². The largest absolute Gasteiger partial charge is 0.394 e. The van der Waals surface area contributed by atoms with Gasteiger partial charge in [-0.2, -0.15) is 0 Å². The lowest BCUT2D eigenvalue weighted by molar-refractivity contribution is -0.137. The summed E-state index contributed by atoms with van der Waals surface area (Å²) in [5.41, 5.74) is 3.94. The zero-order valence-corrected chi connectivity index (χ0v) is 21.3. The number of anilines is 1. The number of aromatic nitrogens is 2. The summed E-state index contributed by atoms with van der Waals surface area (Å²) in [7, 11) is 0. The van der Waals surface area contributed by atoms with Crippen molar-refractivity contribution in [2.75, 3.05) is 37.7 Å². The fourth-order valence-electron chi connectivity index (χ4n) is 5.31. The van der Waals surface area contributed by atoms with Gasteiger partial charge in [0.1, 0.15) is 0 Å². The molecule has 3 heterocycles. The van der Waals surface area contributed by atoms with Crippen molar-refractivity contribution in [3.05, 3.63) is 58.3 Å². The Labute approximate surface area is 215 Å². The molecule has 5 rings (SSSR count). The Bertz CT molecular complexity index is 1210. The van der Waals surface area contributed by atoms with E-state index in [0.29, 0.717) is 29.7 Å². The number of aliphatic hydroxyl groups excluding tert-OH is 1. The maximum Gasteiger partial charge on any atom is 0.240 e. The minimum atomic E-state index is -0.229. The van der Waals surface area contributed by atoms with Crippen LogP contribution in [0.15, 0.2) is 42.7 Å². The molecule has 0 aliphatic carbocycles. The Morgan fingerprint density at radius 3 is 2.80 bits per heavy atom. The van der Waals surface area contributed by atoms with Crippen molar-refractivity contribution in [3.63, 3.8) is 0 Å². The van der Waals surface area contributed by atoms with E-state index in [4.69, 9.17) is 23.2 Å². The van der Waals surface area contributed by atoms with Gasteiger partial charge in [0.25, 0.3) is 0 Å². The molecule has 1 unspecified atom stereocenters. The predicted molar refractivity (Wildman–Crippen MR) is 140 cm³/mol. The number of piperazine rings is 1. The molecule has 35 heavy (non-hydrogen) atoms. The minimum absolute atomic E-state index is 0.0253.